The van der Waals surface area contributed by atoms with E-state index in [-0.39, 0.29) is 11.6 Å². The summed E-state index contributed by atoms with van der Waals surface area (Å²) in [4.78, 5) is 30.2. The number of aromatic nitrogens is 1. The molecule has 0 atom stereocenters. The fourth-order valence-corrected chi connectivity index (χ4v) is 6.13. The van der Waals surface area contributed by atoms with Crippen molar-refractivity contribution in [1.29, 1.82) is 0 Å². The normalized spacial score (nSPS) is 27.1. The van der Waals surface area contributed by atoms with Crippen LogP contribution in [0.1, 0.15) is 36.8 Å². The van der Waals surface area contributed by atoms with Gasteiger partial charge in [0.2, 0.25) is 0 Å². The first-order valence-corrected chi connectivity index (χ1v) is 9.82. The lowest BCUT2D eigenvalue weighted by Crippen LogP contribution is -2.43. The van der Waals surface area contributed by atoms with Crippen LogP contribution in [0.4, 0.5) is 0 Å². The Morgan fingerprint density at radius 1 is 0.679 bits per heavy atom. The van der Waals surface area contributed by atoms with Gasteiger partial charge < -0.3 is 0 Å². The van der Waals surface area contributed by atoms with Crippen molar-refractivity contribution >= 4 is 11.6 Å². The number of hydrogen-bond donors (Lipinski definition) is 0. The largest absolute Gasteiger partial charge is 0.300 e. The quantitative estimate of drug-likeness (QED) is 0.632. The summed E-state index contributed by atoms with van der Waals surface area (Å²) in [6, 6.07) is 20.8. The molecule has 0 N–H and O–H groups in total. The van der Waals surface area contributed by atoms with Crippen molar-refractivity contribution in [2.45, 2.75) is 36.5 Å². The van der Waals surface area contributed by atoms with Crippen LogP contribution in [0.3, 0.4) is 0 Å². The summed E-state index contributed by atoms with van der Waals surface area (Å²) < 4.78 is 0. The van der Waals surface area contributed by atoms with E-state index in [0.717, 1.165) is 33.5 Å². The molecular weight excluding hydrogens is 346 g/mol. The molecule has 2 aromatic carbocycles. The Morgan fingerprint density at radius 2 is 1.36 bits per heavy atom. The number of rotatable bonds is 1. The summed E-state index contributed by atoms with van der Waals surface area (Å²) in [6.07, 6.45) is 3.63. The Bertz CT molecular complexity index is 1140. The predicted molar refractivity (Wildman–Crippen MR) is 107 cm³/mol. The second-order valence-corrected chi connectivity index (χ2v) is 8.47. The smallest absolute Gasteiger partial charge is 0.134 e. The highest BCUT2D eigenvalue weighted by atomic mass is 16.1. The number of hydrogen-bond acceptors (Lipinski definition) is 3. The molecule has 3 aliphatic rings. The van der Waals surface area contributed by atoms with Gasteiger partial charge in [-0.2, -0.15) is 0 Å². The SMILES string of the molecule is O=C1CC23CC(=O)CC2(C1)c1cccnc1-c1ccc(-c2ccccc2)cc13. The zero-order valence-corrected chi connectivity index (χ0v) is 15.4. The number of nitrogens with zero attached hydrogens (tertiary/aromatic N) is 1. The van der Waals surface area contributed by atoms with Crippen molar-refractivity contribution in [2.75, 3.05) is 0 Å². The maximum absolute atomic E-state index is 12.8. The summed E-state index contributed by atoms with van der Waals surface area (Å²) in [6.45, 7) is 0. The maximum Gasteiger partial charge on any atom is 0.134 e. The fourth-order valence-electron chi connectivity index (χ4n) is 6.13. The van der Waals surface area contributed by atoms with Crippen LogP contribution in [-0.2, 0) is 20.4 Å². The van der Waals surface area contributed by atoms with Crippen LogP contribution in [0, 0.1) is 0 Å². The summed E-state index contributed by atoms with van der Waals surface area (Å²) in [7, 11) is 0. The Hall–Kier alpha value is -3.07. The highest BCUT2D eigenvalue weighted by Gasteiger charge is 2.67. The monoisotopic (exact) mass is 365 g/mol. The van der Waals surface area contributed by atoms with Gasteiger partial charge in [-0.3, -0.25) is 14.6 Å². The summed E-state index contributed by atoms with van der Waals surface area (Å²) >= 11 is 0. The fraction of sp³-hybridized carbons (Fsp3) is 0.240. The van der Waals surface area contributed by atoms with Gasteiger partial charge in [-0.1, -0.05) is 48.5 Å². The molecule has 1 aromatic heterocycles. The number of fused-ring (bicyclic) bond motifs is 3. The van der Waals surface area contributed by atoms with Crippen molar-refractivity contribution < 1.29 is 9.59 Å². The van der Waals surface area contributed by atoms with Crippen molar-refractivity contribution in [2.24, 2.45) is 0 Å². The zero-order chi connectivity index (χ0) is 18.9. The standard InChI is InChI=1S/C25H19NO2/c27-18-12-24-13-19(28)15-25(24,14-18)22-11-17(16-5-2-1-3-6-16)8-9-20(22)23-21(24)7-4-10-26-23/h1-11H,12-15H2. The first-order chi connectivity index (χ1) is 13.6. The minimum atomic E-state index is -0.424. The van der Waals surface area contributed by atoms with Gasteiger partial charge in [0.1, 0.15) is 11.6 Å². The van der Waals surface area contributed by atoms with E-state index in [1.54, 1.807) is 0 Å². The highest BCUT2D eigenvalue weighted by molar-refractivity contribution is 5.99. The average molecular weight is 365 g/mol. The molecule has 2 saturated carbocycles. The van der Waals surface area contributed by atoms with Crippen molar-refractivity contribution in [3.8, 4) is 22.4 Å². The summed E-state index contributed by atoms with van der Waals surface area (Å²) in [5.74, 6) is 0.528. The third-order valence-corrected chi connectivity index (χ3v) is 7.13. The molecule has 3 aromatic rings. The third kappa shape index (κ3) is 1.82. The minimum absolute atomic E-state index is 0.264. The van der Waals surface area contributed by atoms with Crippen molar-refractivity contribution in [3.05, 3.63) is 78.0 Å². The number of Topliss-reactive ketones (excluding diaryl/α,β-unsaturated/α-hetero) is 2. The van der Waals surface area contributed by atoms with E-state index in [1.165, 1.54) is 0 Å². The van der Waals surface area contributed by atoms with E-state index >= 15 is 0 Å². The molecule has 0 amide bonds. The zero-order valence-electron chi connectivity index (χ0n) is 15.4. The second-order valence-electron chi connectivity index (χ2n) is 8.47. The van der Waals surface area contributed by atoms with Crippen LogP contribution in [0.25, 0.3) is 22.4 Å². The molecule has 1 heterocycles. The van der Waals surface area contributed by atoms with Crippen LogP contribution in [0.15, 0.2) is 66.9 Å². The van der Waals surface area contributed by atoms with E-state index in [4.69, 9.17) is 4.98 Å². The van der Waals surface area contributed by atoms with Crippen LogP contribution in [-0.4, -0.2) is 16.6 Å². The van der Waals surface area contributed by atoms with Gasteiger partial charge in [0, 0.05) is 48.3 Å². The average Bonchev–Trinajstić information content (AvgIpc) is 3.16. The molecule has 0 radical (unpaired) electrons. The Morgan fingerprint density at radius 3 is 2.07 bits per heavy atom. The lowest BCUT2D eigenvalue weighted by Gasteiger charge is -2.45. The molecular formula is C25H19NO2. The molecule has 3 heteroatoms. The minimum Gasteiger partial charge on any atom is -0.300 e. The number of ketones is 2. The molecule has 3 aliphatic carbocycles. The third-order valence-electron chi connectivity index (χ3n) is 7.13. The number of benzene rings is 2. The van der Waals surface area contributed by atoms with Gasteiger partial charge in [0.05, 0.1) is 5.69 Å². The van der Waals surface area contributed by atoms with E-state index < -0.39 is 10.8 Å². The van der Waals surface area contributed by atoms with E-state index in [1.807, 2.05) is 30.5 Å². The van der Waals surface area contributed by atoms with Gasteiger partial charge in [-0.05, 0) is 34.4 Å². The molecule has 2 fully saturated rings. The lowest BCUT2D eigenvalue weighted by molar-refractivity contribution is -0.120. The molecule has 28 heavy (non-hydrogen) atoms. The molecule has 0 spiro atoms. The molecule has 136 valence electrons. The molecule has 0 saturated heterocycles. The predicted octanol–water partition coefficient (Wildman–Crippen LogP) is 4.63. The number of carbonyl (C=O) groups is 2. The first-order valence-electron chi connectivity index (χ1n) is 9.82. The number of carbonyl (C=O) groups excluding carboxylic acids is 2. The Kier molecular flexibility index (Phi) is 2.99. The van der Waals surface area contributed by atoms with Gasteiger partial charge in [0.15, 0.2) is 0 Å². The molecule has 0 aliphatic heterocycles. The van der Waals surface area contributed by atoms with Gasteiger partial charge >= 0.3 is 0 Å². The maximum atomic E-state index is 12.8. The van der Waals surface area contributed by atoms with E-state index in [2.05, 4.69) is 36.4 Å². The second kappa shape index (κ2) is 5.26. The van der Waals surface area contributed by atoms with Crippen LogP contribution in [0.2, 0.25) is 0 Å². The molecule has 0 bridgehead atoms. The van der Waals surface area contributed by atoms with Crippen molar-refractivity contribution in [1.82, 2.24) is 4.98 Å². The Balaban J connectivity index is 1.70. The van der Waals surface area contributed by atoms with Crippen LogP contribution in [0.5, 0.6) is 0 Å². The summed E-state index contributed by atoms with van der Waals surface area (Å²) in [5, 5.41) is 0. The van der Waals surface area contributed by atoms with E-state index in [0.29, 0.717) is 25.7 Å². The molecule has 0 unspecified atom stereocenters. The Labute approximate surface area is 163 Å². The van der Waals surface area contributed by atoms with Crippen molar-refractivity contribution in [3.63, 3.8) is 0 Å². The molecule has 3 nitrogen and oxygen atoms in total. The lowest BCUT2D eigenvalue weighted by atomic mass is 9.56. The van der Waals surface area contributed by atoms with E-state index in [9.17, 15) is 9.59 Å². The molecule has 6 rings (SSSR count). The highest BCUT2D eigenvalue weighted by Crippen LogP contribution is 2.67. The van der Waals surface area contributed by atoms with Crippen LogP contribution < -0.4 is 0 Å². The first kappa shape index (κ1) is 15.9. The van der Waals surface area contributed by atoms with Gasteiger partial charge in [0.25, 0.3) is 0 Å². The topological polar surface area (TPSA) is 47.0 Å². The number of pyridine rings is 1. The van der Waals surface area contributed by atoms with Crippen LogP contribution >= 0.6 is 0 Å². The van der Waals surface area contributed by atoms with Gasteiger partial charge in [-0.15, -0.1) is 0 Å². The van der Waals surface area contributed by atoms with Gasteiger partial charge in [-0.25, -0.2) is 0 Å². The summed E-state index contributed by atoms with van der Waals surface area (Å²) in [5.41, 5.74) is 5.68.